The molecule has 0 aliphatic carbocycles. The Bertz CT molecular complexity index is 697. The maximum atomic E-state index is 6.08. The molecule has 0 saturated heterocycles. The molecule has 0 fully saturated rings. The quantitative estimate of drug-likeness (QED) is 0.579. The Labute approximate surface area is 146 Å². The SMILES string of the molecule is Clc1cc(Cl)cc(NCC(c2ccccc2)c2ccccc2)c1. The van der Waals surface area contributed by atoms with Gasteiger partial charge in [-0.25, -0.2) is 0 Å². The minimum absolute atomic E-state index is 0.259. The highest BCUT2D eigenvalue weighted by atomic mass is 35.5. The van der Waals surface area contributed by atoms with Crippen LogP contribution in [0.15, 0.2) is 78.9 Å². The van der Waals surface area contributed by atoms with Crippen LogP contribution in [0.5, 0.6) is 0 Å². The minimum atomic E-state index is 0.259. The largest absolute Gasteiger partial charge is 0.384 e. The van der Waals surface area contributed by atoms with Gasteiger partial charge >= 0.3 is 0 Å². The smallest absolute Gasteiger partial charge is 0.0441 e. The second-order valence-electron chi connectivity index (χ2n) is 5.41. The Morgan fingerprint density at radius 3 is 1.65 bits per heavy atom. The van der Waals surface area contributed by atoms with Crippen molar-refractivity contribution in [3.8, 4) is 0 Å². The number of nitrogens with one attached hydrogen (secondary N) is 1. The van der Waals surface area contributed by atoms with Gasteiger partial charge in [0, 0.05) is 28.2 Å². The molecule has 3 heteroatoms. The van der Waals surface area contributed by atoms with Gasteiger partial charge in [-0.2, -0.15) is 0 Å². The maximum absolute atomic E-state index is 6.08. The van der Waals surface area contributed by atoms with Gasteiger partial charge < -0.3 is 5.32 Å². The fraction of sp³-hybridized carbons (Fsp3) is 0.100. The Hall–Kier alpha value is -1.96. The van der Waals surface area contributed by atoms with Gasteiger partial charge in [-0.1, -0.05) is 83.9 Å². The molecule has 0 unspecified atom stereocenters. The van der Waals surface area contributed by atoms with Crippen molar-refractivity contribution in [1.29, 1.82) is 0 Å². The predicted molar refractivity (Wildman–Crippen MR) is 99.7 cm³/mol. The molecule has 0 spiro atoms. The third-order valence-electron chi connectivity index (χ3n) is 3.78. The Balaban J connectivity index is 1.85. The molecule has 0 atom stereocenters. The van der Waals surface area contributed by atoms with E-state index < -0.39 is 0 Å². The molecule has 0 radical (unpaired) electrons. The first-order valence-electron chi connectivity index (χ1n) is 7.52. The molecule has 116 valence electrons. The fourth-order valence-electron chi connectivity index (χ4n) is 2.67. The molecule has 1 N–H and O–H groups in total. The van der Waals surface area contributed by atoms with Crippen LogP contribution in [0.3, 0.4) is 0 Å². The highest BCUT2D eigenvalue weighted by Gasteiger charge is 2.13. The third kappa shape index (κ3) is 4.28. The molecule has 0 saturated carbocycles. The van der Waals surface area contributed by atoms with E-state index in [1.807, 2.05) is 24.3 Å². The summed E-state index contributed by atoms with van der Waals surface area (Å²) in [6.07, 6.45) is 0. The molecule has 0 bridgehead atoms. The highest BCUT2D eigenvalue weighted by Crippen LogP contribution is 2.27. The molecule has 0 heterocycles. The first-order chi connectivity index (χ1) is 11.2. The number of rotatable bonds is 5. The second kappa shape index (κ2) is 7.54. The Morgan fingerprint density at radius 2 is 1.17 bits per heavy atom. The number of benzene rings is 3. The van der Waals surface area contributed by atoms with Crippen molar-refractivity contribution in [1.82, 2.24) is 0 Å². The van der Waals surface area contributed by atoms with Gasteiger partial charge in [0.15, 0.2) is 0 Å². The van der Waals surface area contributed by atoms with E-state index in [4.69, 9.17) is 23.2 Å². The van der Waals surface area contributed by atoms with Gasteiger partial charge in [0.2, 0.25) is 0 Å². The van der Waals surface area contributed by atoms with E-state index in [-0.39, 0.29) is 5.92 Å². The third-order valence-corrected chi connectivity index (χ3v) is 4.21. The average Bonchev–Trinajstić information content (AvgIpc) is 2.56. The summed E-state index contributed by atoms with van der Waals surface area (Å²) in [6.45, 7) is 0.769. The van der Waals surface area contributed by atoms with Crippen molar-refractivity contribution in [2.24, 2.45) is 0 Å². The van der Waals surface area contributed by atoms with E-state index in [1.54, 1.807) is 6.07 Å². The van der Waals surface area contributed by atoms with Crippen LogP contribution in [0.4, 0.5) is 5.69 Å². The lowest BCUT2D eigenvalue weighted by molar-refractivity contribution is 0.853. The van der Waals surface area contributed by atoms with Crippen molar-refractivity contribution in [3.63, 3.8) is 0 Å². The van der Waals surface area contributed by atoms with E-state index in [2.05, 4.69) is 53.8 Å². The van der Waals surface area contributed by atoms with Crippen LogP contribution in [-0.4, -0.2) is 6.54 Å². The van der Waals surface area contributed by atoms with E-state index in [0.717, 1.165) is 12.2 Å². The summed E-state index contributed by atoms with van der Waals surface area (Å²) in [4.78, 5) is 0. The van der Waals surface area contributed by atoms with Crippen LogP contribution in [0.2, 0.25) is 10.0 Å². The van der Waals surface area contributed by atoms with Crippen molar-refractivity contribution >= 4 is 28.9 Å². The van der Waals surface area contributed by atoms with Crippen LogP contribution in [0.1, 0.15) is 17.0 Å². The van der Waals surface area contributed by atoms with Gasteiger partial charge in [-0.3, -0.25) is 0 Å². The highest BCUT2D eigenvalue weighted by molar-refractivity contribution is 6.35. The lowest BCUT2D eigenvalue weighted by Gasteiger charge is -2.19. The van der Waals surface area contributed by atoms with Crippen molar-refractivity contribution in [2.75, 3.05) is 11.9 Å². The van der Waals surface area contributed by atoms with Gasteiger partial charge in [-0.15, -0.1) is 0 Å². The maximum Gasteiger partial charge on any atom is 0.0441 e. The molecular formula is C20H17Cl2N. The van der Waals surface area contributed by atoms with E-state index >= 15 is 0 Å². The van der Waals surface area contributed by atoms with Crippen molar-refractivity contribution in [2.45, 2.75) is 5.92 Å². The minimum Gasteiger partial charge on any atom is -0.384 e. The van der Waals surface area contributed by atoms with E-state index in [0.29, 0.717) is 10.0 Å². The zero-order valence-corrected chi connectivity index (χ0v) is 14.1. The lowest BCUT2D eigenvalue weighted by atomic mass is 9.91. The van der Waals surface area contributed by atoms with Crippen LogP contribution in [0.25, 0.3) is 0 Å². The topological polar surface area (TPSA) is 12.0 Å². The monoisotopic (exact) mass is 341 g/mol. The number of anilines is 1. The second-order valence-corrected chi connectivity index (χ2v) is 6.29. The van der Waals surface area contributed by atoms with Gasteiger partial charge in [0.1, 0.15) is 0 Å². The van der Waals surface area contributed by atoms with Gasteiger partial charge in [-0.05, 0) is 29.3 Å². The van der Waals surface area contributed by atoms with Crippen LogP contribution in [0, 0.1) is 0 Å². The average molecular weight is 342 g/mol. The molecular weight excluding hydrogens is 325 g/mol. The molecule has 23 heavy (non-hydrogen) atoms. The molecule has 3 aromatic carbocycles. The first-order valence-corrected chi connectivity index (χ1v) is 8.28. The summed E-state index contributed by atoms with van der Waals surface area (Å²) < 4.78 is 0. The van der Waals surface area contributed by atoms with Crippen LogP contribution < -0.4 is 5.32 Å². The molecule has 1 nitrogen and oxygen atoms in total. The molecule has 0 aliphatic rings. The van der Waals surface area contributed by atoms with Crippen LogP contribution >= 0.6 is 23.2 Å². The molecule has 3 rings (SSSR count). The summed E-state index contributed by atoms with van der Waals surface area (Å²) in [5.74, 6) is 0.259. The summed E-state index contributed by atoms with van der Waals surface area (Å²) in [7, 11) is 0. The van der Waals surface area contributed by atoms with Crippen molar-refractivity contribution in [3.05, 3.63) is 100 Å². The summed E-state index contributed by atoms with van der Waals surface area (Å²) >= 11 is 12.2. The summed E-state index contributed by atoms with van der Waals surface area (Å²) in [5.41, 5.74) is 3.48. The number of hydrogen-bond acceptors (Lipinski definition) is 1. The molecule has 0 aromatic heterocycles. The molecule has 3 aromatic rings. The van der Waals surface area contributed by atoms with E-state index in [1.165, 1.54) is 11.1 Å². The first kappa shape index (κ1) is 15.9. The lowest BCUT2D eigenvalue weighted by Crippen LogP contribution is -2.14. The standard InChI is InChI=1S/C20H17Cl2N/c21-17-11-18(22)13-19(12-17)23-14-20(15-7-3-1-4-8-15)16-9-5-2-6-10-16/h1-13,20,23H,14H2. The zero-order chi connectivity index (χ0) is 16.1. The van der Waals surface area contributed by atoms with Crippen molar-refractivity contribution < 1.29 is 0 Å². The van der Waals surface area contributed by atoms with Crippen LogP contribution in [-0.2, 0) is 0 Å². The van der Waals surface area contributed by atoms with Gasteiger partial charge in [0.05, 0.1) is 0 Å². The zero-order valence-electron chi connectivity index (χ0n) is 12.5. The fourth-order valence-corrected chi connectivity index (χ4v) is 3.20. The normalized spacial score (nSPS) is 10.7. The Kier molecular flexibility index (Phi) is 5.22. The van der Waals surface area contributed by atoms with Gasteiger partial charge in [0.25, 0.3) is 0 Å². The Morgan fingerprint density at radius 1 is 0.696 bits per heavy atom. The number of halogens is 2. The number of hydrogen-bond donors (Lipinski definition) is 1. The predicted octanol–water partition coefficient (Wildman–Crippen LogP) is 6.24. The summed E-state index contributed by atoms with van der Waals surface area (Å²) in [6, 6.07) is 26.5. The van der Waals surface area contributed by atoms with E-state index in [9.17, 15) is 0 Å². The summed E-state index contributed by atoms with van der Waals surface area (Å²) in [5, 5.41) is 4.72. The molecule has 0 aliphatic heterocycles. The molecule has 0 amide bonds.